The summed E-state index contributed by atoms with van der Waals surface area (Å²) in [6.07, 6.45) is 1.52. The molecule has 2 heterocycles. The highest BCUT2D eigenvalue weighted by Gasteiger charge is 2.50. The molecule has 1 aliphatic rings. The molecule has 1 aromatic carbocycles. The predicted molar refractivity (Wildman–Crippen MR) is 136 cm³/mol. The van der Waals surface area contributed by atoms with E-state index in [2.05, 4.69) is 15.6 Å². The molecule has 2 aromatic rings. The number of ether oxygens (including phenoxy) is 3. The third kappa shape index (κ3) is 8.00. The molecule has 0 saturated carbocycles. The fourth-order valence-corrected chi connectivity index (χ4v) is 4.54. The summed E-state index contributed by atoms with van der Waals surface area (Å²) >= 11 is 1.21. The Morgan fingerprint density at radius 2 is 1.76 bits per heavy atom. The molecule has 0 spiro atoms. The van der Waals surface area contributed by atoms with Crippen molar-refractivity contribution in [1.29, 1.82) is 0 Å². The van der Waals surface area contributed by atoms with E-state index in [4.69, 9.17) is 14.2 Å². The van der Waals surface area contributed by atoms with Crippen molar-refractivity contribution in [2.45, 2.75) is 44.4 Å². The van der Waals surface area contributed by atoms with Gasteiger partial charge in [0.05, 0.1) is 43.0 Å². The largest absolute Gasteiger partial charge is 0.384 e. The Morgan fingerprint density at radius 3 is 2.32 bits per heavy atom. The standard InChI is InChI=1S/C26H33N3O7S/c1-16-27-12-22(37-16)25(33)29-20(14-35-4)21(30)11-18(13-34-3)24(32)28-19(23(31)26(2)15-36-26)10-17-8-6-5-7-9-17/h5-9,12,18-20H,10-11,13-15H2,1-4H3,(H,28,32)(H,29,33)/t18-,19-,20-,26?/m0/s1. The van der Waals surface area contributed by atoms with Crippen molar-refractivity contribution in [1.82, 2.24) is 15.6 Å². The number of nitrogens with one attached hydrogen (secondary N) is 2. The molecule has 37 heavy (non-hydrogen) atoms. The minimum atomic E-state index is -0.965. The smallest absolute Gasteiger partial charge is 0.263 e. The Labute approximate surface area is 220 Å². The fourth-order valence-electron chi connectivity index (χ4n) is 3.86. The lowest BCUT2D eigenvalue weighted by atomic mass is 9.93. The molecule has 200 valence electrons. The highest BCUT2D eigenvalue weighted by Crippen LogP contribution is 2.29. The summed E-state index contributed by atoms with van der Waals surface area (Å²) in [6.45, 7) is 3.66. The number of nitrogens with zero attached hydrogens (tertiary/aromatic N) is 1. The van der Waals surface area contributed by atoms with Gasteiger partial charge in [-0.2, -0.15) is 0 Å². The first-order valence-corrected chi connectivity index (χ1v) is 12.7. The number of aromatic nitrogens is 1. The van der Waals surface area contributed by atoms with Crippen LogP contribution in [-0.2, 0) is 35.0 Å². The van der Waals surface area contributed by atoms with E-state index in [-0.39, 0.29) is 31.8 Å². The van der Waals surface area contributed by atoms with Crippen molar-refractivity contribution in [3.05, 3.63) is 52.0 Å². The molecule has 11 heteroatoms. The van der Waals surface area contributed by atoms with Crippen LogP contribution in [0.25, 0.3) is 0 Å². The number of epoxide rings is 1. The number of rotatable bonds is 15. The van der Waals surface area contributed by atoms with Gasteiger partial charge in [0, 0.05) is 20.6 Å². The van der Waals surface area contributed by atoms with E-state index < -0.39 is 41.2 Å². The lowest BCUT2D eigenvalue weighted by molar-refractivity contribution is -0.135. The molecule has 1 saturated heterocycles. The van der Waals surface area contributed by atoms with Gasteiger partial charge in [0.1, 0.15) is 16.5 Å². The SMILES string of the molecule is COC[C@H](CC(=O)[C@H](COC)NC(=O)c1cnc(C)s1)C(=O)N[C@@H](Cc1ccccc1)C(=O)C1(C)CO1. The number of thiazole rings is 1. The predicted octanol–water partition coefficient (Wildman–Crippen LogP) is 1.50. The summed E-state index contributed by atoms with van der Waals surface area (Å²) in [6, 6.07) is 7.54. The van der Waals surface area contributed by atoms with Gasteiger partial charge in [-0.25, -0.2) is 4.98 Å². The summed E-state index contributed by atoms with van der Waals surface area (Å²) in [5, 5.41) is 6.21. The Balaban J connectivity index is 1.70. The van der Waals surface area contributed by atoms with Crippen LogP contribution in [0.5, 0.6) is 0 Å². The van der Waals surface area contributed by atoms with Crippen LogP contribution in [0.2, 0.25) is 0 Å². The van der Waals surface area contributed by atoms with Crippen molar-refractivity contribution in [2.75, 3.05) is 34.0 Å². The van der Waals surface area contributed by atoms with Crippen molar-refractivity contribution >= 4 is 34.7 Å². The van der Waals surface area contributed by atoms with Crippen LogP contribution in [0, 0.1) is 12.8 Å². The maximum atomic E-state index is 13.3. The lowest BCUT2D eigenvalue weighted by Gasteiger charge is -2.24. The molecule has 4 atom stereocenters. The number of methoxy groups -OCH3 is 2. The number of amides is 2. The molecule has 3 rings (SSSR count). The number of aryl methyl sites for hydroxylation is 1. The quantitative estimate of drug-likeness (QED) is 0.330. The molecule has 2 N–H and O–H groups in total. The molecular weight excluding hydrogens is 498 g/mol. The van der Waals surface area contributed by atoms with E-state index in [9.17, 15) is 19.2 Å². The maximum absolute atomic E-state index is 13.3. The number of ketones is 2. The zero-order chi connectivity index (χ0) is 27.0. The number of hydrogen-bond acceptors (Lipinski definition) is 9. The van der Waals surface area contributed by atoms with E-state index in [1.165, 1.54) is 31.8 Å². The summed E-state index contributed by atoms with van der Waals surface area (Å²) in [5.41, 5.74) is -0.0479. The topological polar surface area (TPSA) is 136 Å². The van der Waals surface area contributed by atoms with Gasteiger partial charge in [0.2, 0.25) is 5.91 Å². The second kappa shape index (κ2) is 13.0. The van der Waals surface area contributed by atoms with Gasteiger partial charge in [-0.15, -0.1) is 11.3 Å². The highest BCUT2D eigenvalue weighted by molar-refractivity contribution is 7.13. The molecule has 1 fully saturated rings. The zero-order valence-electron chi connectivity index (χ0n) is 21.4. The van der Waals surface area contributed by atoms with E-state index in [0.29, 0.717) is 11.5 Å². The molecule has 2 amide bonds. The summed E-state index contributed by atoms with van der Waals surface area (Å²) in [7, 11) is 2.85. The van der Waals surface area contributed by atoms with Crippen LogP contribution in [0.15, 0.2) is 36.5 Å². The monoisotopic (exact) mass is 531 g/mol. The second-order valence-electron chi connectivity index (χ2n) is 9.18. The molecule has 0 bridgehead atoms. The van der Waals surface area contributed by atoms with Gasteiger partial charge in [-0.3, -0.25) is 19.2 Å². The second-order valence-corrected chi connectivity index (χ2v) is 10.4. The van der Waals surface area contributed by atoms with Gasteiger partial charge in [0.25, 0.3) is 5.91 Å². The van der Waals surface area contributed by atoms with Crippen LogP contribution < -0.4 is 10.6 Å². The van der Waals surface area contributed by atoms with E-state index in [1.54, 1.807) is 13.8 Å². The Morgan fingerprint density at radius 1 is 1.08 bits per heavy atom. The van der Waals surface area contributed by atoms with Crippen LogP contribution in [-0.4, -0.2) is 80.1 Å². The number of benzene rings is 1. The van der Waals surface area contributed by atoms with Crippen molar-refractivity contribution < 1.29 is 33.4 Å². The van der Waals surface area contributed by atoms with Crippen LogP contribution in [0.3, 0.4) is 0 Å². The van der Waals surface area contributed by atoms with Crippen molar-refractivity contribution in [2.24, 2.45) is 5.92 Å². The van der Waals surface area contributed by atoms with E-state index >= 15 is 0 Å². The number of carbonyl (C=O) groups excluding carboxylic acids is 4. The van der Waals surface area contributed by atoms with Crippen molar-refractivity contribution in [3.63, 3.8) is 0 Å². The summed E-state index contributed by atoms with van der Waals surface area (Å²) in [5.74, 6) is -2.43. The first-order valence-electron chi connectivity index (χ1n) is 11.9. The molecule has 0 aliphatic carbocycles. The fraction of sp³-hybridized carbons (Fsp3) is 0.500. The summed E-state index contributed by atoms with van der Waals surface area (Å²) in [4.78, 5) is 56.6. The Bertz CT molecular complexity index is 1100. The average molecular weight is 532 g/mol. The maximum Gasteiger partial charge on any atom is 0.263 e. The van der Waals surface area contributed by atoms with Gasteiger partial charge < -0.3 is 24.8 Å². The zero-order valence-corrected chi connectivity index (χ0v) is 22.3. The third-order valence-corrected chi connectivity index (χ3v) is 6.98. The van der Waals surface area contributed by atoms with Gasteiger partial charge in [-0.1, -0.05) is 30.3 Å². The van der Waals surface area contributed by atoms with E-state index in [0.717, 1.165) is 10.6 Å². The molecule has 1 unspecified atom stereocenters. The van der Waals surface area contributed by atoms with Crippen molar-refractivity contribution in [3.8, 4) is 0 Å². The van der Waals surface area contributed by atoms with Crippen LogP contribution in [0.4, 0.5) is 0 Å². The third-order valence-electron chi connectivity index (χ3n) is 6.07. The van der Waals surface area contributed by atoms with Gasteiger partial charge in [-0.05, 0) is 25.8 Å². The Kier molecular flexibility index (Phi) is 10.0. The first-order chi connectivity index (χ1) is 17.7. The van der Waals surface area contributed by atoms with Gasteiger partial charge in [0.15, 0.2) is 11.6 Å². The minimum Gasteiger partial charge on any atom is -0.384 e. The number of Topliss-reactive ketones (excluding diaryl/α,β-unsaturated/α-hetero) is 2. The average Bonchev–Trinajstić information content (AvgIpc) is 3.48. The van der Waals surface area contributed by atoms with Crippen LogP contribution in [0.1, 0.15) is 33.6 Å². The first kappa shape index (κ1) is 28.6. The summed E-state index contributed by atoms with van der Waals surface area (Å²) < 4.78 is 15.7. The minimum absolute atomic E-state index is 0.0424. The lowest BCUT2D eigenvalue weighted by Crippen LogP contribution is -2.51. The molecule has 0 radical (unpaired) electrons. The van der Waals surface area contributed by atoms with Crippen LogP contribution >= 0.6 is 11.3 Å². The van der Waals surface area contributed by atoms with Gasteiger partial charge >= 0.3 is 0 Å². The molecular formula is C26H33N3O7S. The number of hydrogen-bond donors (Lipinski definition) is 2. The molecule has 1 aliphatic heterocycles. The Hall–Kier alpha value is -2.99. The normalized spacial score (nSPS) is 18.9. The highest BCUT2D eigenvalue weighted by atomic mass is 32.1. The number of carbonyl (C=O) groups is 4. The molecule has 10 nitrogen and oxygen atoms in total. The van der Waals surface area contributed by atoms with E-state index in [1.807, 2.05) is 30.3 Å². The molecule has 1 aromatic heterocycles.